The fourth-order valence-electron chi connectivity index (χ4n) is 1.87. The van der Waals surface area contributed by atoms with E-state index in [9.17, 15) is 4.79 Å². The van der Waals surface area contributed by atoms with Gasteiger partial charge in [-0.1, -0.05) is 49.4 Å². The molecule has 0 heterocycles. The normalized spacial score (nSPS) is 10.6. The van der Waals surface area contributed by atoms with E-state index in [0.29, 0.717) is 0 Å². The van der Waals surface area contributed by atoms with Gasteiger partial charge in [-0.2, -0.15) is 5.10 Å². The third kappa shape index (κ3) is 4.45. The van der Waals surface area contributed by atoms with E-state index in [1.54, 1.807) is 6.21 Å². The van der Waals surface area contributed by atoms with Crippen LogP contribution in [-0.2, 0) is 6.42 Å². The van der Waals surface area contributed by atoms with Gasteiger partial charge in [0, 0.05) is 5.69 Å². The fraction of sp³-hybridized carbons (Fsp3) is 0.176. The van der Waals surface area contributed by atoms with Crippen molar-refractivity contribution in [3.63, 3.8) is 0 Å². The summed E-state index contributed by atoms with van der Waals surface area (Å²) in [5.74, 6) is 0. The van der Waals surface area contributed by atoms with Crippen LogP contribution in [0.25, 0.3) is 0 Å². The average Bonchev–Trinajstić information content (AvgIpc) is 2.50. The standard InChI is InChI=1S/C17H19N3O/c1-3-14-8-10-15(11-9-14)12-18-20-17(21)19-16-7-5-4-6-13(16)2/h4-12H,3H2,1-2H3,(H2,19,20,21). The van der Waals surface area contributed by atoms with Crippen LogP contribution >= 0.6 is 0 Å². The van der Waals surface area contributed by atoms with Crippen molar-refractivity contribution >= 4 is 17.9 Å². The molecule has 0 aliphatic carbocycles. The smallest absolute Gasteiger partial charge is 0.306 e. The van der Waals surface area contributed by atoms with Crippen molar-refractivity contribution in [1.82, 2.24) is 5.43 Å². The maximum absolute atomic E-state index is 11.7. The van der Waals surface area contributed by atoms with E-state index in [1.165, 1.54) is 5.56 Å². The summed E-state index contributed by atoms with van der Waals surface area (Å²) >= 11 is 0. The summed E-state index contributed by atoms with van der Waals surface area (Å²) in [4.78, 5) is 11.7. The van der Waals surface area contributed by atoms with E-state index in [1.807, 2.05) is 43.3 Å². The molecule has 0 aliphatic rings. The molecular weight excluding hydrogens is 262 g/mol. The Hall–Kier alpha value is -2.62. The number of amides is 2. The van der Waals surface area contributed by atoms with Gasteiger partial charge in [-0.25, -0.2) is 10.2 Å². The summed E-state index contributed by atoms with van der Waals surface area (Å²) in [6.45, 7) is 4.05. The molecule has 2 aromatic rings. The molecule has 0 unspecified atom stereocenters. The zero-order chi connectivity index (χ0) is 15.1. The van der Waals surface area contributed by atoms with Crippen molar-refractivity contribution in [2.45, 2.75) is 20.3 Å². The van der Waals surface area contributed by atoms with E-state index in [-0.39, 0.29) is 6.03 Å². The van der Waals surface area contributed by atoms with Gasteiger partial charge in [-0.15, -0.1) is 0 Å². The van der Waals surface area contributed by atoms with E-state index in [4.69, 9.17) is 0 Å². The molecule has 0 aliphatic heterocycles. The molecule has 0 atom stereocenters. The topological polar surface area (TPSA) is 53.5 Å². The van der Waals surface area contributed by atoms with Gasteiger partial charge >= 0.3 is 6.03 Å². The van der Waals surface area contributed by atoms with Crippen molar-refractivity contribution in [2.75, 3.05) is 5.32 Å². The number of nitrogens with one attached hydrogen (secondary N) is 2. The molecule has 0 spiro atoms. The Bertz CT molecular complexity index is 633. The van der Waals surface area contributed by atoms with Crippen molar-refractivity contribution in [3.05, 3.63) is 65.2 Å². The Morgan fingerprint density at radius 3 is 2.52 bits per heavy atom. The van der Waals surface area contributed by atoms with Crippen LogP contribution in [0.4, 0.5) is 10.5 Å². The molecule has 2 amide bonds. The minimum Gasteiger partial charge on any atom is -0.306 e. The molecule has 108 valence electrons. The lowest BCUT2D eigenvalue weighted by Crippen LogP contribution is -2.24. The first-order valence-electron chi connectivity index (χ1n) is 6.93. The first kappa shape index (κ1) is 14.8. The molecule has 0 bridgehead atoms. The van der Waals surface area contributed by atoms with E-state index >= 15 is 0 Å². The first-order valence-corrected chi connectivity index (χ1v) is 6.93. The molecular formula is C17H19N3O. The van der Waals surface area contributed by atoms with E-state index in [0.717, 1.165) is 23.2 Å². The van der Waals surface area contributed by atoms with Gasteiger partial charge in [0.25, 0.3) is 0 Å². The van der Waals surface area contributed by atoms with Crippen molar-refractivity contribution < 1.29 is 4.79 Å². The third-order valence-electron chi connectivity index (χ3n) is 3.16. The van der Waals surface area contributed by atoms with Gasteiger partial charge in [-0.3, -0.25) is 0 Å². The van der Waals surface area contributed by atoms with Crippen LogP contribution in [0.5, 0.6) is 0 Å². The van der Waals surface area contributed by atoms with Crippen LogP contribution in [0.1, 0.15) is 23.6 Å². The van der Waals surface area contributed by atoms with Crippen LogP contribution in [0.15, 0.2) is 53.6 Å². The van der Waals surface area contributed by atoms with Crippen LogP contribution in [-0.4, -0.2) is 12.2 Å². The zero-order valence-electron chi connectivity index (χ0n) is 12.3. The number of para-hydroxylation sites is 1. The van der Waals surface area contributed by atoms with Crippen molar-refractivity contribution in [2.24, 2.45) is 5.10 Å². The molecule has 0 radical (unpaired) electrons. The second-order valence-electron chi connectivity index (χ2n) is 4.73. The summed E-state index contributed by atoms with van der Waals surface area (Å²) in [6.07, 6.45) is 2.63. The van der Waals surface area contributed by atoms with Gasteiger partial charge in [-0.05, 0) is 36.1 Å². The number of carbonyl (C=O) groups is 1. The molecule has 0 aromatic heterocycles. The lowest BCUT2D eigenvalue weighted by atomic mass is 10.1. The second-order valence-corrected chi connectivity index (χ2v) is 4.73. The number of benzene rings is 2. The van der Waals surface area contributed by atoms with Gasteiger partial charge < -0.3 is 5.32 Å². The Morgan fingerprint density at radius 1 is 1.14 bits per heavy atom. The number of aryl methyl sites for hydroxylation is 2. The molecule has 0 saturated carbocycles. The minimum absolute atomic E-state index is 0.356. The molecule has 4 heteroatoms. The van der Waals surface area contributed by atoms with Crippen LogP contribution < -0.4 is 10.7 Å². The maximum atomic E-state index is 11.7. The maximum Gasteiger partial charge on any atom is 0.339 e. The minimum atomic E-state index is -0.356. The van der Waals surface area contributed by atoms with E-state index < -0.39 is 0 Å². The summed E-state index contributed by atoms with van der Waals surface area (Å²) in [5, 5.41) is 6.69. The number of rotatable bonds is 4. The molecule has 21 heavy (non-hydrogen) atoms. The molecule has 2 rings (SSSR count). The number of urea groups is 1. The molecule has 0 fully saturated rings. The lowest BCUT2D eigenvalue weighted by molar-refractivity contribution is 0.252. The van der Waals surface area contributed by atoms with Crippen LogP contribution in [0, 0.1) is 6.92 Å². The highest BCUT2D eigenvalue weighted by Gasteiger charge is 2.01. The van der Waals surface area contributed by atoms with Gasteiger partial charge in [0.1, 0.15) is 0 Å². The number of carbonyl (C=O) groups excluding carboxylic acids is 1. The predicted molar refractivity (Wildman–Crippen MR) is 86.7 cm³/mol. The summed E-state index contributed by atoms with van der Waals surface area (Å²) < 4.78 is 0. The zero-order valence-corrected chi connectivity index (χ0v) is 12.3. The Kier molecular flexibility index (Phi) is 5.10. The number of hydrogen-bond donors (Lipinski definition) is 2. The summed E-state index contributed by atoms with van der Waals surface area (Å²) in [7, 11) is 0. The highest BCUT2D eigenvalue weighted by atomic mass is 16.2. The van der Waals surface area contributed by atoms with Crippen LogP contribution in [0.3, 0.4) is 0 Å². The first-order chi connectivity index (χ1) is 10.2. The number of hydrogen-bond acceptors (Lipinski definition) is 2. The quantitative estimate of drug-likeness (QED) is 0.651. The predicted octanol–water partition coefficient (Wildman–Crippen LogP) is 3.71. The van der Waals surface area contributed by atoms with Gasteiger partial charge in [0.2, 0.25) is 0 Å². The number of anilines is 1. The summed E-state index contributed by atoms with van der Waals surface area (Å²) in [6, 6.07) is 15.3. The van der Waals surface area contributed by atoms with Gasteiger partial charge in [0.15, 0.2) is 0 Å². The second kappa shape index (κ2) is 7.24. The monoisotopic (exact) mass is 281 g/mol. The molecule has 4 nitrogen and oxygen atoms in total. The highest BCUT2D eigenvalue weighted by Crippen LogP contribution is 2.12. The number of nitrogens with zero attached hydrogens (tertiary/aromatic N) is 1. The molecule has 2 aromatic carbocycles. The highest BCUT2D eigenvalue weighted by molar-refractivity contribution is 5.91. The fourth-order valence-corrected chi connectivity index (χ4v) is 1.87. The Balaban J connectivity index is 1.88. The largest absolute Gasteiger partial charge is 0.339 e. The Morgan fingerprint density at radius 2 is 1.86 bits per heavy atom. The lowest BCUT2D eigenvalue weighted by Gasteiger charge is -2.06. The molecule has 2 N–H and O–H groups in total. The summed E-state index contributed by atoms with van der Waals surface area (Å²) in [5.41, 5.74) is 6.46. The average molecular weight is 281 g/mol. The van der Waals surface area contributed by atoms with Crippen LogP contribution in [0.2, 0.25) is 0 Å². The molecule has 0 saturated heterocycles. The van der Waals surface area contributed by atoms with E-state index in [2.05, 4.69) is 34.9 Å². The Labute approximate surface area is 124 Å². The van der Waals surface area contributed by atoms with Gasteiger partial charge in [0.05, 0.1) is 6.21 Å². The third-order valence-corrected chi connectivity index (χ3v) is 3.16. The van der Waals surface area contributed by atoms with Crippen molar-refractivity contribution in [3.8, 4) is 0 Å². The SMILES string of the molecule is CCc1ccc(C=NNC(=O)Nc2ccccc2C)cc1. The van der Waals surface area contributed by atoms with Crippen molar-refractivity contribution in [1.29, 1.82) is 0 Å². The number of hydrazone groups is 1.